The first-order valence-corrected chi connectivity index (χ1v) is 22.2. The van der Waals surface area contributed by atoms with E-state index in [1.54, 1.807) is 0 Å². The molecule has 0 aromatic carbocycles. The molecule has 5 nitrogen and oxygen atoms in total. The first-order chi connectivity index (χ1) is 24.8. The van der Waals surface area contributed by atoms with Crippen LogP contribution in [-0.2, 0) is 19.1 Å². The number of ether oxygens (including phenoxy) is 2. The highest BCUT2D eigenvalue weighted by atomic mass is 16.5. The number of nitrogens with zero attached hydrogens (tertiary/aromatic N) is 1. The molecule has 51 heavy (non-hydrogen) atoms. The van der Waals surface area contributed by atoms with Crippen molar-refractivity contribution in [3.05, 3.63) is 24.3 Å². The zero-order chi connectivity index (χ0) is 37.5. The number of unbranched alkanes of at least 4 members (excludes halogenated alkanes) is 22. The van der Waals surface area contributed by atoms with E-state index in [0.29, 0.717) is 32.0 Å². The third-order valence-electron chi connectivity index (χ3n) is 9.90. The van der Waals surface area contributed by atoms with E-state index in [1.165, 1.54) is 141 Å². The van der Waals surface area contributed by atoms with Crippen LogP contribution in [0.2, 0.25) is 0 Å². The lowest BCUT2D eigenvalue weighted by molar-refractivity contribution is -0.874. The molecule has 0 N–H and O–H groups in total. The molecule has 0 aliphatic rings. The van der Waals surface area contributed by atoms with Crippen LogP contribution in [0.4, 0.5) is 0 Å². The molecule has 0 amide bonds. The van der Waals surface area contributed by atoms with Gasteiger partial charge in [-0.05, 0) is 83.5 Å². The van der Waals surface area contributed by atoms with E-state index in [9.17, 15) is 9.59 Å². The van der Waals surface area contributed by atoms with Crippen molar-refractivity contribution >= 4 is 11.9 Å². The zero-order valence-corrected chi connectivity index (χ0v) is 35.0. The summed E-state index contributed by atoms with van der Waals surface area (Å²) in [7, 11) is 6.62. The van der Waals surface area contributed by atoms with Gasteiger partial charge in [-0.25, -0.2) is 0 Å². The van der Waals surface area contributed by atoms with Crippen molar-refractivity contribution < 1.29 is 23.5 Å². The molecule has 5 heteroatoms. The number of hydrogen-bond donors (Lipinski definition) is 0. The van der Waals surface area contributed by atoms with E-state index in [0.717, 1.165) is 56.0 Å². The molecule has 0 spiro atoms. The quantitative estimate of drug-likeness (QED) is 0.0275. The molecule has 1 unspecified atom stereocenters. The van der Waals surface area contributed by atoms with Crippen LogP contribution < -0.4 is 0 Å². The van der Waals surface area contributed by atoms with Crippen molar-refractivity contribution in [3.63, 3.8) is 0 Å². The van der Waals surface area contributed by atoms with Crippen LogP contribution >= 0.6 is 0 Å². The topological polar surface area (TPSA) is 52.6 Å². The molecule has 0 aliphatic carbocycles. The predicted molar refractivity (Wildman–Crippen MR) is 221 cm³/mol. The number of esters is 2. The number of hydrogen-bond acceptors (Lipinski definition) is 4. The molecule has 0 radical (unpaired) electrons. The molecule has 0 aliphatic heterocycles. The standard InChI is InChI=1S/C46H88NO4/c1-6-8-10-12-14-16-18-20-22-24-26-28-30-32-34-38-45(48)50-41-36-37-44(43-47(3,4)5)40-42-51-46(49)39-35-33-31-29-27-25-23-21-19-17-15-13-11-9-7-2/h20-23,44H,6-19,24-43H2,1-5H3/q+1/b22-20-,23-21-. The predicted octanol–water partition coefficient (Wildman–Crippen LogP) is 13.6. The second-order valence-corrected chi connectivity index (χ2v) is 16.4. The first kappa shape index (κ1) is 49.4. The summed E-state index contributed by atoms with van der Waals surface area (Å²) in [6, 6.07) is 0. The van der Waals surface area contributed by atoms with Gasteiger partial charge in [0.1, 0.15) is 0 Å². The van der Waals surface area contributed by atoms with E-state index in [4.69, 9.17) is 9.47 Å². The van der Waals surface area contributed by atoms with Crippen LogP contribution in [0.25, 0.3) is 0 Å². The van der Waals surface area contributed by atoms with Gasteiger partial charge in [-0.1, -0.05) is 141 Å². The van der Waals surface area contributed by atoms with E-state index in [1.807, 2.05) is 0 Å². The van der Waals surface area contributed by atoms with Gasteiger partial charge in [0.15, 0.2) is 0 Å². The first-order valence-electron chi connectivity index (χ1n) is 22.2. The number of carbonyl (C=O) groups excluding carboxylic acids is 2. The molecule has 0 saturated heterocycles. The van der Waals surface area contributed by atoms with E-state index < -0.39 is 0 Å². The number of carbonyl (C=O) groups is 2. The molecule has 0 saturated carbocycles. The summed E-state index contributed by atoms with van der Waals surface area (Å²) in [5.41, 5.74) is 0. The molecule has 0 bridgehead atoms. The Morgan fingerprint density at radius 1 is 0.451 bits per heavy atom. The van der Waals surface area contributed by atoms with Crippen LogP contribution in [0.15, 0.2) is 24.3 Å². The van der Waals surface area contributed by atoms with Crippen molar-refractivity contribution in [2.24, 2.45) is 5.92 Å². The minimum atomic E-state index is -0.0552. The lowest BCUT2D eigenvalue weighted by Crippen LogP contribution is -2.39. The van der Waals surface area contributed by atoms with Gasteiger partial charge in [0.25, 0.3) is 0 Å². The Labute approximate surface area is 318 Å². The lowest BCUT2D eigenvalue weighted by Gasteiger charge is -2.29. The van der Waals surface area contributed by atoms with Crippen LogP contribution in [0.5, 0.6) is 0 Å². The Morgan fingerprint density at radius 2 is 0.804 bits per heavy atom. The third-order valence-corrected chi connectivity index (χ3v) is 9.90. The molecule has 0 aromatic heterocycles. The van der Waals surface area contributed by atoms with Crippen LogP contribution in [-0.4, -0.2) is 57.3 Å². The average Bonchev–Trinajstić information content (AvgIpc) is 3.09. The minimum Gasteiger partial charge on any atom is -0.466 e. The normalized spacial score (nSPS) is 12.6. The fourth-order valence-corrected chi connectivity index (χ4v) is 6.82. The van der Waals surface area contributed by atoms with Gasteiger partial charge in [-0.2, -0.15) is 0 Å². The summed E-state index contributed by atoms with van der Waals surface area (Å²) in [6.45, 7) is 6.55. The zero-order valence-electron chi connectivity index (χ0n) is 35.0. The number of quaternary nitrogens is 1. The summed E-state index contributed by atoms with van der Waals surface area (Å²) in [5.74, 6) is 0.336. The van der Waals surface area contributed by atoms with Crippen molar-refractivity contribution in [2.75, 3.05) is 40.9 Å². The largest absolute Gasteiger partial charge is 0.466 e. The highest BCUT2D eigenvalue weighted by Gasteiger charge is 2.19. The number of allylic oxidation sites excluding steroid dienone is 4. The van der Waals surface area contributed by atoms with E-state index in [-0.39, 0.29) is 11.9 Å². The maximum absolute atomic E-state index is 12.3. The molecule has 0 heterocycles. The molecule has 0 aromatic rings. The Balaban J connectivity index is 3.81. The minimum absolute atomic E-state index is 0.0544. The monoisotopic (exact) mass is 719 g/mol. The van der Waals surface area contributed by atoms with Crippen molar-refractivity contribution in [3.8, 4) is 0 Å². The average molecular weight is 719 g/mol. The Hall–Kier alpha value is -1.62. The summed E-state index contributed by atoms with van der Waals surface area (Å²) < 4.78 is 12.1. The molecule has 0 fully saturated rings. The fourth-order valence-electron chi connectivity index (χ4n) is 6.82. The molecule has 300 valence electrons. The van der Waals surface area contributed by atoms with Gasteiger partial charge < -0.3 is 14.0 Å². The van der Waals surface area contributed by atoms with Gasteiger partial charge in [0.2, 0.25) is 0 Å². The molecular formula is C46H88NO4+. The van der Waals surface area contributed by atoms with Gasteiger partial charge >= 0.3 is 11.9 Å². The van der Waals surface area contributed by atoms with E-state index >= 15 is 0 Å². The highest BCUT2D eigenvalue weighted by molar-refractivity contribution is 5.69. The van der Waals surface area contributed by atoms with Gasteiger partial charge in [-0.3, -0.25) is 9.59 Å². The second kappa shape index (κ2) is 38.1. The van der Waals surface area contributed by atoms with Gasteiger partial charge in [0.05, 0.1) is 40.9 Å². The SMILES string of the molecule is CCCCCCCC/C=C\CCCCCCCC(=O)OCCCC(CCOC(=O)CCCCCCC/C=C\CCCCCCCC)C[N+](C)(C)C. The Kier molecular flexibility index (Phi) is 36.9. The second-order valence-electron chi connectivity index (χ2n) is 16.4. The Bertz CT molecular complexity index is 815. The van der Waals surface area contributed by atoms with Crippen LogP contribution in [0.1, 0.15) is 213 Å². The summed E-state index contributed by atoms with van der Waals surface area (Å²) >= 11 is 0. The van der Waals surface area contributed by atoms with Crippen molar-refractivity contribution in [2.45, 2.75) is 213 Å². The van der Waals surface area contributed by atoms with Gasteiger partial charge in [0, 0.05) is 18.8 Å². The highest BCUT2D eigenvalue weighted by Crippen LogP contribution is 2.17. The maximum Gasteiger partial charge on any atom is 0.305 e. The van der Waals surface area contributed by atoms with Gasteiger partial charge in [-0.15, -0.1) is 0 Å². The van der Waals surface area contributed by atoms with Crippen molar-refractivity contribution in [1.82, 2.24) is 0 Å². The molecular weight excluding hydrogens is 631 g/mol. The smallest absolute Gasteiger partial charge is 0.305 e. The summed E-state index contributed by atoms with van der Waals surface area (Å²) in [6.07, 6.45) is 46.0. The lowest BCUT2D eigenvalue weighted by atomic mass is 9.99. The fraction of sp³-hybridized carbons (Fsp3) is 0.870. The molecule has 0 rings (SSSR count). The number of rotatable bonds is 39. The summed E-state index contributed by atoms with van der Waals surface area (Å²) in [5, 5.41) is 0. The van der Waals surface area contributed by atoms with Crippen LogP contribution in [0.3, 0.4) is 0 Å². The van der Waals surface area contributed by atoms with Crippen LogP contribution in [0, 0.1) is 5.92 Å². The van der Waals surface area contributed by atoms with E-state index in [2.05, 4.69) is 59.3 Å². The maximum atomic E-state index is 12.3. The summed E-state index contributed by atoms with van der Waals surface area (Å²) in [4.78, 5) is 24.6. The van der Waals surface area contributed by atoms with Crippen molar-refractivity contribution in [1.29, 1.82) is 0 Å². The third kappa shape index (κ3) is 41.0. The molecule has 1 atom stereocenters. The Morgan fingerprint density at radius 3 is 1.20 bits per heavy atom.